The average molecular weight is 371 g/mol. The predicted molar refractivity (Wildman–Crippen MR) is 104 cm³/mol. The molecule has 0 atom stereocenters. The molecule has 0 fully saturated rings. The molecular weight excluding hydrogens is 350 g/mol. The summed E-state index contributed by atoms with van der Waals surface area (Å²) in [7, 11) is 0. The van der Waals surface area contributed by atoms with Crippen molar-refractivity contribution in [2.45, 2.75) is 38.5 Å². The third-order valence-electron chi connectivity index (χ3n) is 4.18. The molecule has 0 saturated heterocycles. The number of aromatic nitrogens is 5. The van der Waals surface area contributed by atoms with E-state index in [-0.39, 0.29) is 17.2 Å². The van der Waals surface area contributed by atoms with Gasteiger partial charge in [-0.05, 0) is 32.6 Å². The Morgan fingerprint density at radius 2 is 2.08 bits per heavy atom. The molecule has 136 valence electrons. The number of fused-ring (bicyclic) bond motifs is 1. The zero-order valence-electron chi connectivity index (χ0n) is 15.3. The molecule has 0 aliphatic rings. The second-order valence-corrected chi connectivity index (χ2v) is 7.04. The zero-order valence-corrected chi connectivity index (χ0v) is 16.1. The smallest absolute Gasteiger partial charge is 0.278 e. The van der Waals surface area contributed by atoms with Gasteiger partial charge in [-0.25, -0.2) is 19.3 Å². The van der Waals surface area contributed by atoms with Gasteiger partial charge in [0, 0.05) is 24.5 Å². The van der Waals surface area contributed by atoms with Crippen molar-refractivity contribution in [1.29, 1.82) is 0 Å². The van der Waals surface area contributed by atoms with Crippen LogP contribution in [0.3, 0.4) is 0 Å². The van der Waals surface area contributed by atoms with Crippen LogP contribution in [0.1, 0.15) is 25.5 Å². The van der Waals surface area contributed by atoms with Crippen LogP contribution in [0.15, 0.2) is 45.9 Å². The number of rotatable bonds is 5. The first kappa shape index (κ1) is 18.2. The van der Waals surface area contributed by atoms with E-state index < -0.39 is 0 Å². The molecule has 0 N–H and O–H groups in total. The first-order chi connectivity index (χ1) is 12.4. The van der Waals surface area contributed by atoms with Gasteiger partial charge in [0.05, 0.1) is 12.2 Å². The van der Waals surface area contributed by atoms with Crippen LogP contribution in [0, 0.1) is 6.92 Å². The maximum atomic E-state index is 12.8. The molecule has 26 heavy (non-hydrogen) atoms. The second-order valence-electron chi connectivity index (χ2n) is 6.26. The van der Waals surface area contributed by atoms with E-state index in [1.54, 1.807) is 38.5 Å². The molecule has 0 saturated carbocycles. The number of aryl methyl sites for hydroxylation is 1. The summed E-state index contributed by atoms with van der Waals surface area (Å²) in [5.41, 5.74) is 1.76. The molecule has 3 aromatic heterocycles. The van der Waals surface area contributed by atoms with Crippen LogP contribution in [0.2, 0.25) is 0 Å². The summed E-state index contributed by atoms with van der Waals surface area (Å²) in [6, 6.07) is 1.58. The Bertz CT molecular complexity index is 1110. The fourth-order valence-electron chi connectivity index (χ4n) is 2.90. The van der Waals surface area contributed by atoms with Gasteiger partial charge in [0.1, 0.15) is 5.39 Å². The highest BCUT2D eigenvalue weighted by molar-refractivity contribution is 7.98. The van der Waals surface area contributed by atoms with E-state index >= 15 is 0 Å². The van der Waals surface area contributed by atoms with Gasteiger partial charge in [-0.3, -0.25) is 9.59 Å². The molecule has 0 bridgehead atoms. The van der Waals surface area contributed by atoms with Crippen molar-refractivity contribution in [3.05, 3.63) is 57.4 Å². The third kappa shape index (κ3) is 2.90. The van der Waals surface area contributed by atoms with Gasteiger partial charge in [0.25, 0.3) is 11.1 Å². The maximum absolute atomic E-state index is 12.8. The lowest BCUT2D eigenvalue weighted by Gasteiger charge is -2.17. The van der Waals surface area contributed by atoms with Crippen LogP contribution in [0.5, 0.6) is 0 Å². The van der Waals surface area contributed by atoms with Gasteiger partial charge in [0.15, 0.2) is 10.8 Å². The van der Waals surface area contributed by atoms with Crippen molar-refractivity contribution in [3.8, 4) is 5.69 Å². The van der Waals surface area contributed by atoms with E-state index in [9.17, 15) is 9.59 Å². The molecule has 7 nitrogen and oxygen atoms in total. The lowest BCUT2D eigenvalue weighted by Crippen LogP contribution is -2.26. The van der Waals surface area contributed by atoms with E-state index in [1.807, 2.05) is 27.0 Å². The summed E-state index contributed by atoms with van der Waals surface area (Å²) in [5.74, 6) is 0. The van der Waals surface area contributed by atoms with Gasteiger partial charge < -0.3 is 4.57 Å². The Morgan fingerprint density at radius 3 is 2.69 bits per heavy atom. The monoisotopic (exact) mass is 371 g/mol. The molecular formula is C18H21N5O2S. The number of thioether (sulfide) groups is 1. The lowest BCUT2D eigenvalue weighted by molar-refractivity contribution is 0.559. The van der Waals surface area contributed by atoms with Gasteiger partial charge in [0.2, 0.25) is 0 Å². The summed E-state index contributed by atoms with van der Waals surface area (Å²) in [5, 5.41) is 1.02. The molecule has 8 heteroatoms. The Kier molecular flexibility index (Phi) is 4.86. The molecule has 0 aliphatic heterocycles. The topological polar surface area (TPSA) is 74.7 Å². The fraction of sp³-hybridized carbons (Fsp3) is 0.333. The van der Waals surface area contributed by atoms with Crippen LogP contribution >= 0.6 is 11.8 Å². The molecule has 3 rings (SSSR count). The van der Waals surface area contributed by atoms with E-state index in [0.717, 1.165) is 11.3 Å². The highest BCUT2D eigenvalue weighted by atomic mass is 32.2. The van der Waals surface area contributed by atoms with Crippen LogP contribution in [-0.2, 0) is 6.54 Å². The fourth-order valence-corrected chi connectivity index (χ4v) is 3.24. The molecule has 0 radical (unpaired) electrons. The first-order valence-electron chi connectivity index (χ1n) is 8.25. The van der Waals surface area contributed by atoms with E-state index in [4.69, 9.17) is 0 Å². The summed E-state index contributed by atoms with van der Waals surface area (Å²) < 4.78 is 4.97. The van der Waals surface area contributed by atoms with Crippen LogP contribution in [0.4, 0.5) is 0 Å². The molecule has 3 aromatic rings. The van der Waals surface area contributed by atoms with E-state index in [1.165, 1.54) is 11.8 Å². The van der Waals surface area contributed by atoms with Crippen molar-refractivity contribution in [3.63, 3.8) is 0 Å². The molecule has 0 amide bonds. The second kappa shape index (κ2) is 6.95. The summed E-state index contributed by atoms with van der Waals surface area (Å²) in [6.45, 7) is 9.81. The Hall–Kier alpha value is -2.61. The normalized spacial score (nSPS) is 11.4. The minimum atomic E-state index is -0.186. The summed E-state index contributed by atoms with van der Waals surface area (Å²) >= 11 is 1.41. The quantitative estimate of drug-likeness (QED) is 0.391. The van der Waals surface area contributed by atoms with Crippen molar-refractivity contribution < 1.29 is 0 Å². The highest BCUT2D eigenvalue weighted by Crippen LogP contribution is 2.20. The largest absolute Gasteiger partial charge is 0.311 e. The maximum Gasteiger partial charge on any atom is 0.278 e. The summed E-state index contributed by atoms with van der Waals surface area (Å²) in [4.78, 5) is 33.9. The molecule has 3 heterocycles. The third-order valence-corrected chi connectivity index (χ3v) is 4.74. The van der Waals surface area contributed by atoms with Crippen LogP contribution in [-0.4, -0.2) is 30.2 Å². The van der Waals surface area contributed by atoms with E-state index in [2.05, 4.69) is 16.5 Å². The van der Waals surface area contributed by atoms with Gasteiger partial charge >= 0.3 is 0 Å². The molecule has 0 aromatic carbocycles. The van der Waals surface area contributed by atoms with Crippen LogP contribution in [0.25, 0.3) is 16.7 Å². The Morgan fingerprint density at radius 1 is 1.35 bits per heavy atom. The van der Waals surface area contributed by atoms with Gasteiger partial charge in [-0.15, -0.1) is 6.58 Å². The molecule has 0 spiro atoms. The SMILES string of the molecule is C=CCn1c(=O)c2cnc(SC)nc2n1-c1cn(C(C)C)c(=O)cc1C. The molecule has 0 unspecified atom stereocenters. The van der Waals surface area contributed by atoms with Crippen LogP contribution < -0.4 is 11.1 Å². The van der Waals surface area contributed by atoms with Crippen molar-refractivity contribution in [2.24, 2.45) is 0 Å². The number of allylic oxidation sites excluding steroid dienone is 1. The minimum absolute atomic E-state index is 0.000336. The lowest BCUT2D eigenvalue weighted by atomic mass is 10.2. The van der Waals surface area contributed by atoms with Gasteiger partial charge in [-0.1, -0.05) is 17.8 Å². The van der Waals surface area contributed by atoms with Gasteiger partial charge in [-0.2, -0.15) is 0 Å². The standard InChI is InChI=1S/C18H21N5O2S/c1-6-7-22-17(25)13-9-19-18(26-5)20-16(13)23(22)14-10-21(11(2)3)15(24)8-12(14)4/h6,8-11H,1,7H2,2-5H3. The Labute approximate surface area is 155 Å². The minimum Gasteiger partial charge on any atom is -0.311 e. The number of hydrogen-bond donors (Lipinski definition) is 0. The molecule has 0 aliphatic carbocycles. The highest BCUT2D eigenvalue weighted by Gasteiger charge is 2.19. The first-order valence-corrected chi connectivity index (χ1v) is 9.48. The van der Waals surface area contributed by atoms with Crippen molar-refractivity contribution in [1.82, 2.24) is 23.9 Å². The van der Waals surface area contributed by atoms with E-state index in [0.29, 0.717) is 22.7 Å². The average Bonchev–Trinajstić information content (AvgIpc) is 2.87. The predicted octanol–water partition coefficient (Wildman–Crippen LogP) is 2.54. The zero-order chi connectivity index (χ0) is 19.0. The number of nitrogens with zero attached hydrogens (tertiary/aromatic N) is 5. The van der Waals surface area contributed by atoms with Crippen molar-refractivity contribution in [2.75, 3.05) is 6.26 Å². The summed E-state index contributed by atoms with van der Waals surface area (Å²) in [6.07, 6.45) is 6.88. The number of pyridine rings is 1. The van der Waals surface area contributed by atoms with Crippen molar-refractivity contribution >= 4 is 22.8 Å². The number of hydrogen-bond acceptors (Lipinski definition) is 5. The Balaban J connectivity index is 2.45.